The molecular weight excluding hydrogens is 502 g/mol. The van der Waals surface area contributed by atoms with Gasteiger partial charge in [-0.3, -0.25) is 5.32 Å². The summed E-state index contributed by atoms with van der Waals surface area (Å²) in [5.41, 5.74) is -1.96. The summed E-state index contributed by atoms with van der Waals surface area (Å²) in [5, 5.41) is 12.7. The lowest BCUT2D eigenvalue weighted by molar-refractivity contribution is -0.166. The van der Waals surface area contributed by atoms with Crippen LogP contribution in [0.1, 0.15) is 72.8 Å². The molecule has 0 aliphatic rings. The summed E-state index contributed by atoms with van der Waals surface area (Å²) >= 11 is 0. The van der Waals surface area contributed by atoms with E-state index in [4.69, 9.17) is 23.7 Å². The van der Waals surface area contributed by atoms with Crippen molar-refractivity contribution < 1.29 is 52.7 Å². The van der Waals surface area contributed by atoms with Crippen molar-refractivity contribution in [3.63, 3.8) is 0 Å². The second kappa shape index (κ2) is 15.7. The van der Waals surface area contributed by atoms with Gasteiger partial charge in [0.2, 0.25) is 0 Å². The maximum absolute atomic E-state index is 12.4. The van der Waals surface area contributed by atoms with Crippen LogP contribution in [0.2, 0.25) is 0 Å². The molecule has 1 aromatic rings. The first-order valence-electron chi connectivity index (χ1n) is 12.5. The van der Waals surface area contributed by atoms with E-state index in [0.717, 1.165) is 20.0 Å². The lowest BCUT2D eigenvalue weighted by Crippen LogP contribution is -2.59. The van der Waals surface area contributed by atoms with Crippen molar-refractivity contribution in [2.24, 2.45) is 0 Å². The molecule has 1 rings (SSSR count). The molecule has 0 fully saturated rings. The van der Waals surface area contributed by atoms with E-state index in [1.807, 2.05) is 13.8 Å². The van der Waals surface area contributed by atoms with Crippen molar-refractivity contribution >= 4 is 24.4 Å². The normalized spacial score (nSPS) is 14.0. The number of hydrogen-bond acceptors (Lipinski definition) is 11. The van der Waals surface area contributed by atoms with Crippen molar-refractivity contribution in [2.75, 3.05) is 7.11 Å². The number of carbonyl (C=O) groups is 4. The van der Waals surface area contributed by atoms with Crippen LogP contribution in [0.3, 0.4) is 0 Å². The highest BCUT2D eigenvalue weighted by Crippen LogP contribution is 2.32. The second-order valence-corrected chi connectivity index (χ2v) is 9.08. The van der Waals surface area contributed by atoms with Crippen LogP contribution < -0.4 is 14.8 Å². The number of nitrogens with one attached hydrogen (secondary N) is 1. The second-order valence-electron chi connectivity index (χ2n) is 9.08. The Bertz CT molecular complexity index is 949. The highest BCUT2D eigenvalue weighted by molar-refractivity contribution is 5.80. The molecule has 12 heteroatoms. The van der Waals surface area contributed by atoms with Gasteiger partial charge < -0.3 is 33.5 Å². The maximum atomic E-state index is 12.4. The van der Waals surface area contributed by atoms with Crippen LogP contribution in [0.5, 0.6) is 11.5 Å². The highest BCUT2D eigenvalue weighted by Gasteiger charge is 2.44. The molecule has 1 aromatic carbocycles. The Morgan fingerprint density at radius 2 is 1.39 bits per heavy atom. The molecule has 3 atom stereocenters. The van der Waals surface area contributed by atoms with Crippen molar-refractivity contribution in [3.8, 4) is 11.5 Å². The molecule has 0 radical (unpaired) electrons. The summed E-state index contributed by atoms with van der Waals surface area (Å²) in [4.78, 5) is 48.8. The van der Waals surface area contributed by atoms with E-state index >= 15 is 0 Å². The maximum Gasteiger partial charge on any atom is 0.514 e. The number of rotatable bonds is 14. The van der Waals surface area contributed by atoms with Gasteiger partial charge in [0, 0.05) is 12.5 Å². The fourth-order valence-corrected chi connectivity index (χ4v) is 3.55. The third-order valence-electron chi connectivity index (χ3n) is 5.12. The molecule has 0 saturated heterocycles. The van der Waals surface area contributed by atoms with Crippen molar-refractivity contribution in [3.05, 3.63) is 23.8 Å². The first-order chi connectivity index (χ1) is 17.8. The SMILES string of the molecule is CCCC(C)OC(=O)Oc1ccc(C[C@](NC(C)C)(OC(=O)OC)C(=O)O)cc1OC(=O)OC(C)CCC. The monoisotopic (exact) mass is 541 g/mol. The van der Waals surface area contributed by atoms with E-state index in [0.29, 0.717) is 12.8 Å². The third kappa shape index (κ3) is 10.8. The van der Waals surface area contributed by atoms with Crippen LogP contribution >= 0.6 is 0 Å². The van der Waals surface area contributed by atoms with Gasteiger partial charge in [0.05, 0.1) is 7.11 Å². The van der Waals surface area contributed by atoms with Crippen LogP contribution in [0.4, 0.5) is 14.4 Å². The molecule has 0 aromatic heterocycles. The van der Waals surface area contributed by atoms with Gasteiger partial charge in [-0.1, -0.05) is 32.8 Å². The molecular formula is C26H39NO11. The first-order valence-corrected chi connectivity index (χ1v) is 12.5. The highest BCUT2D eigenvalue weighted by atomic mass is 16.8. The molecule has 38 heavy (non-hydrogen) atoms. The number of methoxy groups -OCH3 is 1. The quantitative estimate of drug-likeness (QED) is 0.138. The van der Waals surface area contributed by atoms with Crippen LogP contribution in [-0.2, 0) is 30.2 Å². The third-order valence-corrected chi connectivity index (χ3v) is 5.12. The molecule has 0 spiro atoms. The smallest absolute Gasteiger partial charge is 0.477 e. The van der Waals surface area contributed by atoms with E-state index in [1.165, 1.54) is 18.2 Å². The van der Waals surface area contributed by atoms with Gasteiger partial charge in [0.15, 0.2) is 11.5 Å². The minimum Gasteiger partial charge on any atom is -0.477 e. The molecule has 0 saturated carbocycles. The van der Waals surface area contributed by atoms with Gasteiger partial charge in [0.1, 0.15) is 12.2 Å². The molecule has 0 heterocycles. The molecule has 0 aliphatic heterocycles. The van der Waals surface area contributed by atoms with Crippen LogP contribution in [0.15, 0.2) is 18.2 Å². The van der Waals surface area contributed by atoms with Crippen molar-refractivity contribution in [1.29, 1.82) is 0 Å². The van der Waals surface area contributed by atoms with Crippen LogP contribution in [0.25, 0.3) is 0 Å². The zero-order valence-corrected chi connectivity index (χ0v) is 23.0. The number of aliphatic carboxylic acids is 1. The minimum atomic E-state index is -2.22. The molecule has 2 N–H and O–H groups in total. The molecule has 0 amide bonds. The van der Waals surface area contributed by atoms with E-state index in [1.54, 1.807) is 27.7 Å². The largest absolute Gasteiger partial charge is 0.514 e. The first kappa shape index (κ1) is 32.5. The zero-order chi connectivity index (χ0) is 28.9. The number of benzene rings is 1. The Kier molecular flexibility index (Phi) is 13.4. The van der Waals surface area contributed by atoms with Gasteiger partial charge in [-0.25, -0.2) is 19.2 Å². The van der Waals surface area contributed by atoms with Crippen molar-refractivity contribution in [2.45, 2.75) is 97.6 Å². The van der Waals surface area contributed by atoms with Gasteiger partial charge in [0.25, 0.3) is 5.72 Å². The summed E-state index contributed by atoms with van der Waals surface area (Å²) in [6, 6.07) is 3.60. The summed E-state index contributed by atoms with van der Waals surface area (Å²) in [6.07, 6.45) is -1.69. The summed E-state index contributed by atoms with van der Waals surface area (Å²) in [5.74, 6) is -1.87. The Hall–Kier alpha value is -3.54. The number of carboxylic acids is 1. The summed E-state index contributed by atoms with van der Waals surface area (Å²) in [6.45, 7) is 10.6. The van der Waals surface area contributed by atoms with E-state index in [9.17, 15) is 24.3 Å². The average molecular weight is 542 g/mol. The van der Waals surface area contributed by atoms with E-state index in [2.05, 4.69) is 10.1 Å². The fraction of sp³-hybridized carbons (Fsp3) is 0.615. The molecule has 214 valence electrons. The predicted octanol–water partition coefficient (Wildman–Crippen LogP) is 5.20. The van der Waals surface area contributed by atoms with Crippen LogP contribution in [-0.4, -0.2) is 60.6 Å². The Morgan fingerprint density at radius 1 is 0.868 bits per heavy atom. The Balaban J connectivity index is 3.37. The van der Waals surface area contributed by atoms with Crippen molar-refractivity contribution in [1.82, 2.24) is 5.32 Å². The van der Waals surface area contributed by atoms with Gasteiger partial charge in [-0.15, -0.1) is 0 Å². The Labute approximate surface area is 222 Å². The number of ether oxygens (including phenoxy) is 6. The van der Waals surface area contributed by atoms with Gasteiger partial charge in [-0.2, -0.15) is 0 Å². The van der Waals surface area contributed by atoms with Crippen LogP contribution in [0, 0.1) is 0 Å². The Morgan fingerprint density at radius 3 is 1.84 bits per heavy atom. The van der Waals surface area contributed by atoms with Gasteiger partial charge >= 0.3 is 24.4 Å². The minimum absolute atomic E-state index is 0.158. The zero-order valence-electron chi connectivity index (χ0n) is 23.0. The fourth-order valence-electron chi connectivity index (χ4n) is 3.55. The number of carboxylic acid groups (broad SMARTS) is 1. The number of carbonyl (C=O) groups excluding carboxylic acids is 3. The van der Waals surface area contributed by atoms with E-state index < -0.39 is 54.8 Å². The molecule has 0 bridgehead atoms. The molecule has 12 nitrogen and oxygen atoms in total. The molecule has 0 aliphatic carbocycles. The van der Waals surface area contributed by atoms with E-state index in [-0.39, 0.29) is 17.1 Å². The number of hydrogen-bond donors (Lipinski definition) is 2. The van der Waals surface area contributed by atoms with Gasteiger partial charge in [-0.05, 0) is 58.2 Å². The predicted molar refractivity (Wildman–Crippen MR) is 135 cm³/mol. The molecule has 2 unspecified atom stereocenters. The summed E-state index contributed by atoms with van der Waals surface area (Å²) in [7, 11) is 1.05. The standard InChI is InChI=1S/C26H39NO11/c1-8-10-17(5)34-24(31)36-20-13-12-19(14-21(20)37-25(32)35-18(6)11-9-2)15-26(22(28)29,27-16(3)4)38-23(30)33-7/h12-14,16-18,27H,8-11,15H2,1-7H3,(H,28,29)/t17?,18?,26-/m0/s1. The average Bonchev–Trinajstić information content (AvgIpc) is 2.80. The lowest BCUT2D eigenvalue weighted by Gasteiger charge is -2.31. The topological polar surface area (TPSA) is 156 Å². The lowest BCUT2D eigenvalue weighted by atomic mass is 10.0. The summed E-state index contributed by atoms with van der Waals surface area (Å²) < 4.78 is 30.6.